The van der Waals surface area contributed by atoms with E-state index in [4.69, 9.17) is 9.47 Å². The Morgan fingerprint density at radius 2 is 1.92 bits per heavy atom. The fourth-order valence-corrected chi connectivity index (χ4v) is 2.85. The fourth-order valence-electron chi connectivity index (χ4n) is 2.85. The van der Waals surface area contributed by atoms with Gasteiger partial charge in [-0.25, -0.2) is 4.98 Å². The average Bonchev–Trinajstić information content (AvgIpc) is 2.63. The molecule has 1 aromatic carbocycles. The van der Waals surface area contributed by atoms with Crippen molar-refractivity contribution in [1.82, 2.24) is 9.97 Å². The highest BCUT2D eigenvalue weighted by Gasteiger charge is 2.17. The summed E-state index contributed by atoms with van der Waals surface area (Å²) in [6.45, 7) is 4.40. The lowest BCUT2D eigenvalue weighted by atomic mass is 9.99. The number of methoxy groups -OCH3 is 2. The average molecular weight is 328 g/mol. The van der Waals surface area contributed by atoms with Gasteiger partial charge < -0.3 is 19.7 Å². The zero-order valence-corrected chi connectivity index (χ0v) is 14.5. The summed E-state index contributed by atoms with van der Waals surface area (Å²) in [4.78, 5) is 11.3. The third-order valence-electron chi connectivity index (χ3n) is 4.40. The number of hydrogen-bond donors (Lipinski definition) is 1. The standard InChI is InChI=1S/C18H24N4O2/c1-13-7-10-22(11-8-13)17-6-9-19-18(21-17)20-15-5-4-14(23-2)12-16(15)24-3/h4-6,9,12-13H,7-8,10-11H2,1-3H3,(H,19,20,21). The number of hydrogen-bond acceptors (Lipinski definition) is 6. The predicted octanol–water partition coefficient (Wildman–Crippen LogP) is 3.47. The number of benzene rings is 1. The van der Waals surface area contributed by atoms with Crippen molar-refractivity contribution in [3.05, 3.63) is 30.5 Å². The largest absolute Gasteiger partial charge is 0.497 e. The number of nitrogens with one attached hydrogen (secondary N) is 1. The molecule has 0 bridgehead atoms. The van der Waals surface area contributed by atoms with Crippen molar-refractivity contribution in [2.45, 2.75) is 19.8 Å². The Balaban J connectivity index is 1.77. The van der Waals surface area contributed by atoms with Gasteiger partial charge in [0.05, 0.1) is 19.9 Å². The van der Waals surface area contributed by atoms with Gasteiger partial charge in [0.1, 0.15) is 17.3 Å². The van der Waals surface area contributed by atoms with Gasteiger partial charge in [-0.2, -0.15) is 4.98 Å². The SMILES string of the molecule is COc1ccc(Nc2nccc(N3CCC(C)CC3)n2)c(OC)c1. The van der Waals surface area contributed by atoms with E-state index in [1.54, 1.807) is 20.4 Å². The summed E-state index contributed by atoms with van der Waals surface area (Å²) in [7, 11) is 3.26. The van der Waals surface area contributed by atoms with Crippen LogP contribution in [0.25, 0.3) is 0 Å². The molecule has 2 heterocycles. The molecule has 1 N–H and O–H groups in total. The van der Waals surface area contributed by atoms with Crippen molar-refractivity contribution < 1.29 is 9.47 Å². The van der Waals surface area contributed by atoms with Crippen LogP contribution in [0.4, 0.5) is 17.5 Å². The Kier molecular flexibility index (Phi) is 5.03. The highest BCUT2D eigenvalue weighted by molar-refractivity contribution is 5.65. The van der Waals surface area contributed by atoms with Crippen LogP contribution in [0.3, 0.4) is 0 Å². The Labute approximate surface area is 142 Å². The minimum atomic E-state index is 0.564. The van der Waals surface area contributed by atoms with Crippen molar-refractivity contribution in [2.75, 3.05) is 37.5 Å². The third kappa shape index (κ3) is 3.69. The maximum Gasteiger partial charge on any atom is 0.229 e. The zero-order chi connectivity index (χ0) is 16.9. The van der Waals surface area contributed by atoms with Crippen molar-refractivity contribution in [3.63, 3.8) is 0 Å². The number of aromatic nitrogens is 2. The summed E-state index contributed by atoms with van der Waals surface area (Å²) < 4.78 is 10.6. The molecule has 2 aromatic rings. The Morgan fingerprint density at radius 1 is 1.12 bits per heavy atom. The highest BCUT2D eigenvalue weighted by atomic mass is 16.5. The lowest BCUT2D eigenvalue weighted by Crippen LogP contribution is -2.33. The van der Waals surface area contributed by atoms with E-state index in [9.17, 15) is 0 Å². The van der Waals surface area contributed by atoms with Gasteiger partial charge >= 0.3 is 0 Å². The Hall–Kier alpha value is -2.50. The second-order valence-corrected chi connectivity index (χ2v) is 6.10. The minimum absolute atomic E-state index is 0.564. The maximum atomic E-state index is 5.41. The van der Waals surface area contributed by atoms with Gasteiger partial charge in [0.15, 0.2) is 0 Å². The van der Waals surface area contributed by atoms with Crippen LogP contribution in [-0.2, 0) is 0 Å². The molecular weight excluding hydrogens is 304 g/mol. The van der Waals surface area contributed by atoms with Crippen LogP contribution in [0.1, 0.15) is 19.8 Å². The molecule has 3 rings (SSSR count). The highest BCUT2D eigenvalue weighted by Crippen LogP contribution is 2.31. The number of anilines is 3. The molecule has 1 aliphatic heterocycles. The first-order valence-corrected chi connectivity index (χ1v) is 8.26. The number of ether oxygens (including phenoxy) is 2. The van der Waals surface area contributed by atoms with Crippen LogP contribution in [-0.4, -0.2) is 37.3 Å². The monoisotopic (exact) mass is 328 g/mol. The second kappa shape index (κ2) is 7.38. The zero-order valence-electron chi connectivity index (χ0n) is 14.5. The molecule has 24 heavy (non-hydrogen) atoms. The summed E-state index contributed by atoms with van der Waals surface area (Å²) in [5.74, 6) is 3.76. The molecule has 0 aliphatic carbocycles. The predicted molar refractivity (Wildman–Crippen MR) is 95.5 cm³/mol. The molecule has 0 unspecified atom stereocenters. The van der Waals surface area contributed by atoms with E-state index >= 15 is 0 Å². The molecule has 0 amide bonds. The molecule has 1 fully saturated rings. The first-order valence-electron chi connectivity index (χ1n) is 8.26. The first kappa shape index (κ1) is 16.4. The van der Waals surface area contributed by atoms with Crippen LogP contribution in [0.2, 0.25) is 0 Å². The van der Waals surface area contributed by atoms with Gasteiger partial charge in [0, 0.05) is 25.4 Å². The van der Waals surface area contributed by atoms with Crippen molar-refractivity contribution in [3.8, 4) is 11.5 Å². The van der Waals surface area contributed by atoms with Gasteiger partial charge in [-0.15, -0.1) is 0 Å². The molecule has 6 heteroatoms. The van der Waals surface area contributed by atoms with Gasteiger partial charge in [-0.1, -0.05) is 6.92 Å². The molecular formula is C18H24N4O2. The minimum Gasteiger partial charge on any atom is -0.497 e. The van der Waals surface area contributed by atoms with Crippen LogP contribution < -0.4 is 19.7 Å². The van der Waals surface area contributed by atoms with Gasteiger partial charge in [0.2, 0.25) is 5.95 Å². The summed E-state index contributed by atoms with van der Waals surface area (Å²) in [6.07, 6.45) is 4.21. The van der Waals surface area contributed by atoms with E-state index < -0.39 is 0 Å². The normalized spacial score (nSPS) is 15.2. The lowest BCUT2D eigenvalue weighted by Gasteiger charge is -2.31. The summed E-state index contributed by atoms with van der Waals surface area (Å²) in [5, 5.41) is 3.23. The topological polar surface area (TPSA) is 59.5 Å². The quantitative estimate of drug-likeness (QED) is 0.907. The maximum absolute atomic E-state index is 5.41. The van der Waals surface area contributed by atoms with Gasteiger partial charge in [0.25, 0.3) is 0 Å². The Morgan fingerprint density at radius 3 is 2.62 bits per heavy atom. The molecule has 0 atom stereocenters. The van der Waals surface area contributed by atoms with Crippen LogP contribution in [0, 0.1) is 5.92 Å². The number of piperidine rings is 1. The molecule has 0 radical (unpaired) electrons. The van der Waals surface area contributed by atoms with E-state index in [-0.39, 0.29) is 0 Å². The number of nitrogens with zero attached hydrogens (tertiary/aromatic N) is 3. The van der Waals surface area contributed by atoms with Crippen molar-refractivity contribution in [1.29, 1.82) is 0 Å². The molecule has 1 aliphatic rings. The summed E-state index contributed by atoms with van der Waals surface area (Å²) >= 11 is 0. The smallest absolute Gasteiger partial charge is 0.229 e. The molecule has 1 aromatic heterocycles. The molecule has 128 valence electrons. The van der Waals surface area contributed by atoms with Crippen LogP contribution >= 0.6 is 0 Å². The van der Waals surface area contributed by atoms with Gasteiger partial charge in [-0.3, -0.25) is 0 Å². The molecule has 0 saturated carbocycles. The van der Waals surface area contributed by atoms with E-state index in [1.807, 2.05) is 24.3 Å². The lowest BCUT2D eigenvalue weighted by molar-refractivity contribution is 0.395. The summed E-state index contributed by atoms with van der Waals surface area (Å²) in [6, 6.07) is 7.57. The van der Waals surface area contributed by atoms with E-state index in [0.29, 0.717) is 11.7 Å². The van der Waals surface area contributed by atoms with Gasteiger partial charge in [-0.05, 0) is 37.0 Å². The van der Waals surface area contributed by atoms with E-state index in [0.717, 1.165) is 36.3 Å². The second-order valence-electron chi connectivity index (χ2n) is 6.10. The van der Waals surface area contributed by atoms with Crippen molar-refractivity contribution >= 4 is 17.5 Å². The van der Waals surface area contributed by atoms with E-state index in [2.05, 4.69) is 27.1 Å². The Bertz CT molecular complexity index is 684. The first-order chi connectivity index (χ1) is 11.7. The molecule has 6 nitrogen and oxygen atoms in total. The fraction of sp³-hybridized carbons (Fsp3) is 0.444. The molecule has 0 spiro atoms. The van der Waals surface area contributed by atoms with Crippen LogP contribution in [0.5, 0.6) is 11.5 Å². The number of rotatable bonds is 5. The third-order valence-corrected chi connectivity index (χ3v) is 4.40. The molecule has 1 saturated heterocycles. The van der Waals surface area contributed by atoms with E-state index in [1.165, 1.54) is 12.8 Å². The van der Waals surface area contributed by atoms with Crippen LogP contribution in [0.15, 0.2) is 30.5 Å². The van der Waals surface area contributed by atoms with Crippen molar-refractivity contribution in [2.24, 2.45) is 5.92 Å². The summed E-state index contributed by atoms with van der Waals surface area (Å²) in [5.41, 5.74) is 0.808.